The van der Waals surface area contributed by atoms with E-state index in [0.717, 1.165) is 19.3 Å². The van der Waals surface area contributed by atoms with Crippen molar-refractivity contribution in [1.29, 1.82) is 0 Å². The van der Waals surface area contributed by atoms with E-state index in [0.29, 0.717) is 23.7 Å². The third-order valence-electron chi connectivity index (χ3n) is 3.30. The highest BCUT2D eigenvalue weighted by Gasteiger charge is 2.21. The molecule has 1 aliphatic rings. The van der Waals surface area contributed by atoms with Gasteiger partial charge in [-0.1, -0.05) is 0 Å². The van der Waals surface area contributed by atoms with Gasteiger partial charge in [-0.05, 0) is 44.4 Å². The molecule has 1 aromatic rings. The maximum atomic E-state index is 12.1. The van der Waals surface area contributed by atoms with Gasteiger partial charge in [0.15, 0.2) is 18.1 Å². The second kappa shape index (κ2) is 6.97. The summed E-state index contributed by atoms with van der Waals surface area (Å²) in [7, 11) is 0. The summed E-state index contributed by atoms with van der Waals surface area (Å²) < 4.78 is 10.6. The van der Waals surface area contributed by atoms with Crippen LogP contribution in [0.3, 0.4) is 0 Å². The number of amides is 1. The van der Waals surface area contributed by atoms with E-state index in [1.54, 1.807) is 18.2 Å². The number of aliphatic carboxylic acids is 1. The number of hydrogen-bond acceptors (Lipinski definition) is 4. The molecule has 0 unspecified atom stereocenters. The molecule has 6 heteroatoms. The van der Waals surface area contributed by atoms with Crippen molar-refractivity contribution in [2.24, 2.45) is 0 Å². The lowest BCUT2D eigenvalue weighted by Gasteiger charge is -2.26. The fourth-order valence-electron chi connectivity index (χ4n) is 2.00. The van der Waals surface area contributed by atoms with Crippen molar-refractivity contribution >= 4 is 11.9 Å². The van der Waals surface area contributed by atoms with E-state index in [-0.39, 0.29) is 11.9 Å². The van der Waals surface area contributed by atoms with Gasteiger partial charge in [-0.3, -0.25) is 4.79 Å². The first-order valence-electron chi connectivity index (χ1n) is 7.02. The van der Waals surface area contributed by atoms with E-state index >= 15 is 0 Å². The van der Waals surface area contributed by atoms with E-state index < -0.39 is 12.6 Å². The Bertz CT molecular complexity index is 525. The maximum Gasteiger partial charge on any atom is 0.341 e. The van der Waals surface area contributed by atoms with Crippen molar-refractivity contribution in [3.8, 4) is 11.5 Å². The first kappa shape index (κ1) is 15.2. The number of hydrogen-bond donors (Lipinski definition) is 2. The minimum absolute atomic E-state index is 0.148. The molecular weight excluding hydrogens is 274 g/mol. The fraction of sp³-hybridized carbons (Fsp3) is 0.467. The van der Waals surface area contributed by atoms with E-state index in [2.05, 4.69) is 5.32 Å². The third kappa shape index (κ3) is 4.11. The summed E-state index contributed by atoms with van der Waals surface area (Å²) in [5.74, 6) is -0.519. The Kier molecular flexibility index (Phi) is 5.03. The standard InChI is InChI=1S/C15H19NO5/c1-2-20-13-8-10(15(19)16-11-4-3-5-11)6-7-12(13)21-9-14(17)18/h6-8,11H,2-5,9H2,1H3,(H,16,19)(H,17,18). The maximum absolute atomic E-state index is 12.1. The van der Waals surface area contributed by atoms with Gasteiger partial charge in [0.05, 0.1) is 6.61 Å². The molecule has 0 saturated heterocycles. The first-order valence-corrected chi connectivity index (χ1v) is 7.02. The van der Waals surface area contributed by atoms with Crippen molar-refractivity contribution in [3.63, 3.8) is 0 Å². The molecule has 21 heavy (non-hydrogen) atoms. The Balaban J connectivity index is 2.09. The molecule has 0 bridgehead atoms. The quantitative estimate of drug-likeness (QED) is 0.801. The van der Waals surface area contributed by atoms with Crippen LogP contribution >= 0.6 is 0 Å². The van der Waals surface area contributed by atoms with Gasteiger partial charge in [0.1, 0.15) is 0 Å². The Hall–Kier alpha value is -2.24. The molecule has 1 aromatic carbocycles. The van der Waals surface area contributed by atoms with Gasteiger partial charge in [-0.15, -0.1) is 0 Å². The molecule has 1 amide bonds. The van der Waals surface area contributed by atoms with Crippen molar-refractivity contribution < 1.29 is 24.2 Å². The average Bonchev–Trinajstić information content (AvgIpc) is 2.41. The molecule has 6 nitrogen and oxygen atoms in total. The molecule has 2 rings (SSSR count). The smallest absolute Gasteiger partial charge is 0.341 e. The zero-order chi connectivity index (χ0) is 15.2. The van der Waals surface area contributed by atoms with Gasteiger partial charge in [0.25, 0.3) is 5.91 Å². The molecule has 1 fully saturated rings. The largest absolute Gasteiger partial charge is 0.490 e. The number of carbonyl (C=O) groups is 2. The first-order chi connectivity index (χ1) is 10.1. The highest BCUT2D eigenvalue weighted by Crippen LogP contribution is 2.29. The molecule has 1 saturated carbocycles. The predicted molar refractivity (Wildman–Crippen MR) is 75.8 cm³/mol. The second-order valence-electron chi connectivity index (χ2n) is 4.88. The Morgan fingerprint density at radius 1 is 1.29 bits per heavy atom. The minimum Gasteiger partial charge on any atom is -0.490 e. The molecule has 114 valence electrons. The summed E-state index contributed by atoms with van der Waals surface area (Å²) in [5, 5.41) is 11.6. The molecule has 2 N–H and O–H groups in total. The van der Waals surface area contributed by atoms with Gasteiger partial charge in [0.2, 0.25) is 0 Å². The normalized spacial score (nSPS) is 14.1. The average molecular weight is 293 g/mol. The number of benzene rings is 1. The summed E-state index contributed by atoms with van der Waals surface area (Å²) in [6.45, 7) is 1.76. The third-order valence-corrected chi connectivity index (χ3v) is 3.30. The predicted octanol–water partition coefficient (Wildman–Crippen LogP) is 1.83. The minimum atomic E-state index is -1.07. The molecular formula is C15H19NO5. The van der Waals surface area contributed by atoms with Crippen molar-refractivity contribution in [2.75, 3.05) is 13.2 Å². The topological polar surface area (TPSA) is 84.9 Å². The Morgan fingerprint density at radius 3 is 2.62 bits per heavy atom. The molecule has 0 spiro atoms. The SMILES string of the molecule is CCOc1cc(C(=O)NC2CCC2)ccc1OCC(=O)O. The summed E-state index contributed by atoms with van der Waals surface area (Å²) in [6, 6.07) is 5.00. The molecule has 1 aliphatic carbocycles. The lowest BCUT2D eigenvalue weighted by molar-refractivity contribution is -0.139. The van der Waals surface area contributed by atoms with E-state index in [4.69, 9.17) is 14.6 Å². The zero-order valence-corrected chi connectivity index (χ0v) is 11.9. The van der Waals surface area contributed by atoms with E-state index in [9.17, 15) is 9.59 Å². The van der Waals surface area contributed by atoms with Gasteiger partial charge < -0.3 is 19.9 Å². The number of carbonyl (C=O) groups excluding carboxylic acids is 1. The highest BCUT2D eigenvalue weighted by atomic mass is 16.5. The Morgan fingerprint density at radius 2 is 2.05 bits per heavy atom. The van der Waals surface area contributed by atoms with Crippen molar-refractivity contribution in [3.05, 3.63) is 23.8 Å². The Labute approximate surface area is 123 Å². The second-order valence-corrected chi connectivity index (χ2v) is 4.88. The fourth-order valence-corrected chi connectivity index (χ4v) is 2.00. The molecule has 0 aliphatic heterocycles. The summed E-state index contributed by atoms with van der Waals surface area (Å²) >= 11 is 0. The summed E-state index contributed by atoms with van der Waals surface area (Å²) in [5.41, 5.74) is 0.480. The van der Waals surface area contributed by atoms with Crippen LogP contribution in [0.1, 0.15) is 36.5 Å². The lowest BCUT2D eigenvalue weighted by Crippen LogP contribution is -2.39. The van der Waals surface area contributed by atoms with Crippen molar-refractivity contribution in [1.82, 2.24) is 5.32 Å². The molecule has 0 atom stereocenters. The highest BCUT2D eigenvalue weighted by molar-refractivity contribution is 5.95. The van der Waals surface area contributed by atoms with E-state index in [1.165, 1.54) is 0 Å². The molecule has 0 radical (unpaired) electrons. The van der Waals surface area contributed by atoms with Crippen LogP contribution in [-0.2, 0) is 4.79 Å². The number of carboxylic acid groups (broad SMARTS) is 1. The van der Waals surface area contributed by atoms with Crippen LogP contribution in [0.2, 0.25) is 0 Å². The molecule has 0 aromatic heterocycles. The number of nitrogens with one attached hydrogen (secondary N) is 1. The van der Waals surface area contributed by atoms with Crippen LogP contribution in [0.25, 0.3) is 0 Å². The van der Waals surface area contributed by atoms with Crippen molar-refractivity contribution in [2.45, 2.75) is 32.2 Å². The van der Waals surface area contributed by atoms with Crippen LogP contribution in [0.4, 0.5) is 0 Å². The number of ether oxygens (including phenoxy) is 2. The van der Waals surface area contributed by atoms with Crippen LogP contribution in [-0.4, -0.2) is 36.2 Å². The van der Waals surface area contributed by atoms with Crippen LogP contribution in [0, 0.1) is 0 Å². The van der Waals surface area contributed by atoms with Crippen LogP contribution in [0.5, 0.6) is 11.5 Å². The van der Waals surface area contributed by atoms with Crippen LogP contribution < -0.4 is 14.8 Å². The lowest BCUT2D eigenvalue weighted by atomic mass is 9.93. The van der Waals surface area contributed by atoms with Gasteiger partial charge in [0, 0.05) is 11.6 Å². The number of carboxylic acids is 1. The zero-order valence-electron chi connectivity index (χ0n) is 11.9. The van der Waals surface area contributed by atoms with Gasteiger partial charge >= 0.3 is 5.97 Å². The van der Waals surface area contributed by atoms with E-state index in [1.807, 2.05) is 6.92 Å². The monoisotopic (exact) mass is 293 g/mol. The summed E-state index contributed by atoms with van der Waals surface area (Å²) in [6.07, 6.45) is 3.19. The summed E-state index contributed by atoms with van der Waals surface area (Å²) in [4.78, 5) is 22.6. The number of rotatable bonds is 7. The van der Waals surface area contributed by atoms with Crippen LogP contribution in [0.15, 0.2) is 18.2 Å². The molecule has 0 heterocycles. The van der Waals surface area contributed by atoms with Gasteiger partial charge in [-0.2, -0.15) is 0 Å². The van der Waals surface area contributed by atoms with Gasteiger partial charge in [-0.25, -0.2) is 4.79 Å².